The minimum absolute atomic E-state index is 0.0134. The maximum absolute atomic E-state index is 12.8. The van der Waals surface area contributed by atoms with Gasteiger partial charge in [-0.3, -0.25) is 14.0 Å². The van der Waals surface area contributed by atoms with E-state index in [0.29, 0.717) is 17.0 Å². The number of anilines is 1. The summed E-state index contributed by atoms with van der Waals surface area (Å²) in [4.78, 5) is 29.7. The molecule has 0 saturated heterocycles. The first-order chi connectivity index (χ1) is 13.0. The number of para-hydroxylation sites is 2. The van der Waals surface area contributed by atoms with Crippen molar-refractivity contribution in [3.63, 3.8) is 0 Å². The third-order valence-corrected chi connectivity index (χ3v) is 4.31. The summed E-state index contributed by atoms with van der Waals surface area (Å²) in [6.45, 7) is 3.91. The fourth-order valence-electron chi connectivity index (χ4n) is 2.68. The number of aromatic nitrogens is 2. The van der Waals surface area contributed by atoms with Gasteiger partial charge >= 0.3 is 0 Å². The Morgan fingerprint density at radius 1 is 1.15 bits per heavy atom. The van der Waals surface area contributed by atoms with Crippen LogP contribution >= 0.6 is 0 Å². The second-order valence-corrected chi connectivity index (χ2v) is 6.18. The van der Waals surface area contributed by atoms with Crippen molar-refractivity contribution in [2.45, 2.75) is 26.3 Å². The molecule has 0 aliphatic rings. The van der Waals surface area contributed by atoms with Crippen molar-refractivity contribution in [1.29, 1.82) is 0 Å². The zero-order valence-corrected chi connectivity index (χ0v) is 15.5. The predicted octanol–water partition coefficient (Wildman–Crippen LogP) is 3.12. The van der Waals surface area contributed by atoms with Crippen molar-refractivity contribution >= 4 is 23.0 Å². The number of carbonyl (C=O) groups excluding carboxylic acids is 2. The van der Waals surface area contributed by atoms with Gasteiger partial charge in [0.15, 0.2) is 5.69 Å². The topological polar surface area (TPSA) is 84.7 Å². The highest BCUT2D eigenvalue weighted by atomic mass is 16.5. The number of pyridine rings is 1. The van der Waals surface area contributed by atoms with E-state index in [4.69, 9.17) is 4.74 Å². The maximum Gasteiger partial charge on any atom is 0.287 e. The van der Waals surface area contributed by atoms with Gasteiger partial charge in [0.25, 0.3) is 11.8 Å². The molecule has 0 fully saturated rings. The molecule has 3 rings (SSSR count). The Morgan fingerprint density at radius 3 is 2.63 bits per heavy atom. The van der Waals surface area contributed by atoms with Gasteiger partial charge in [0, 0.05) is 12.2 Å². The van der Waals surface area contributed by atoms with Gasteiger partial charge in [-0.15, -0.1) is 0 Å². The van der Waals surface area contributed by atoms with Gasteiger partial charge in [-0.05, 0) is 37.6 Å². The molecule has 1 atom stereocenters. The van der Waals surface area contributed by atoms with Gasteiger partial charge in [-0.2, -0.15) is 0 Å². The first kappa shape index (κ1) is 18.4. The van der Waals surface area contributed by atoms with E-state index in [0.717, 1.165) is 6.42 Å². The highest BCUT2D eigenvalue weighted by Crippen LogP contribution is 2.24. The van der Waals surface area contributed by atoms with Gasteiger partial charge < -0.3 is 15.4 Å². The lowest BCUT2D eigenvalue weighted by atomic mass is 10.2. The number of methoxy groups -OCH3 is 1. The molecule has 0 radical (unpaired) electrons. The summed E-state index contributed by atoms with van der Waals surface area (Å²) in [6.07, 6.45) is 2.52. The molecule has 0 spiro atoms. The maximum atomic E-state index is 12.8. The molecule has 2 N–H and O–H groups in total. The lowest BCUT2D eigenvalue weighted by Crippen LogP contribution is -2.33. The molecule has 0 aliphatic carbocycles. The molecule has 7 heteroatoms. The number of fused-ring (bicyclic) bond motifs is 1. The van der Waals surface area contributed by atoms with E-state index >= 15 is 0 Å². The third kappa shape index (κ3) is 3.76. The second kappa shape index (κ2) is 7.90. The van der Waals surface area contributed by atoms with Crippen LogP contribution in [0.4, 0.5) is 5.69 Å². The van der Waals surface area contributed by atoms with Crippen LogP contribution < -0.4 is 15.4 Å². The molecule has 27 heavy (non-hydrogen) atoms. The van der Waals surface area contributed by atoms with Crippen LogP contribution in [0.3, 0.4) is 0 Å². The molecule has 1 unspecified atom stereocenters. The molecule has 0 bridgehead atoms. The lowest BCUT2D eigenvalue weighted by Gasteiger charge is -2.10. The minimum atomic E-state index is -0.411. The largest absolute Gasteiger partial charge is 0.495 e. The van der Waals surface area contributed by atoms with E-state index in [1.165, 1.54) is 7.11 Å². The van der Waals surface area contributed by atoms with E-state index in [9.17, 15) is 9.59 Å². The van der Waals surface area contributed by atoms with Crippen LogP contribution in [0.2, 0.25) is 0 Å². The monoisotopic (exact) mass is 366 g/mol. The number of amides is 2. The number of nitrogens with zero attached hydrogens (tertiary/aromatic N) is 2. The van der Waals surface area contributed by atoms with Gasteiger partial charge in [0.1, 0.15) is 5.75 Å². The van der Waals surface area contributed by atoms with Crippen molar-refractivity contribution in [1.82, 2.24) is 14.7 Å². The fraction of sp³-hybridized carbons (Fsp3) is 0.250. The summed E-state index contributed by atoms with van der Waals surface area (Å²) in [5.74, 6) is -0.00661. The first-order valence-electron chi connectivity index (χ1n) is 8.77. The SMILES string of the molecule is CCC(C)NC(=O)c1nc(C(=O)Nc2ccccc2OC)c2ccccn12. The van der Waals surface area contributed by atoms with Crippen LogP contribution in [0.5, 0.6) is 5.75 Å². The van der Waals surface area contributed by atoms with Crippen LogP contribution in [0.25, 0.3) is 5.52 Å². The molecule has 7 nitrogen and oxygen atoms in total. The van der Waals surface area contributed by atoms with Crippen molar-refractivity contribution in [2.75, 3.05) is 12.4 Å². The summed E-state index contributed by atoms with van der Waals surface area (Å²) in [5.41, 5.74) is 1.27. The van der Waals surface area contributed by atoms with Crippen molar-refractivity contribution < 1.29 is 14.3 Å². The van der Waals surface area contributed by atoms with Gasteiger partial charge in [-0.25, -0.2) is 4.98 Å². The quantitative estimate of drug-likeness (QED) is 0.702. The van der Waals surface area contributed by atoms with E-state index in [-0.39, 0.29) is 23.5 Å². The highest BCUT2D eigenvalue weighted by Gasteiger charge is 2.22. The second-order valence-electron chi connectivity index (χ2n) is 6.18. The average molecular weight is 366 g/mol. The lowest BCUT2D eigenvalue weighted by molar-refractivity contribution is 0.0928. The number of rotatable bonds is 6. The molecular weight excluding hydrogens is 344 g/mol. The Bertz CT molecular complexity index is 980. The standard InChI is InChI=1S/C20H22N4O3/c1-4-13(2)21-20(26)18-23-17(15-10-7-8-12-24(15)18)19(25)22-14-9-5-6-11-16(14)27-3/h5-13H,4H2,1-3H3,(H,21,26)(H,22,25). The van der Waals surface area contributed by atoms with Crippen LogP contribution in [-0.4, -0.2) is 34.4 Å². The van der Waals surface area contributed by atoms with Crippen molar-refractivity contribution in [3.8, 4) is 5.75 Å². The molecule has 140 valence electrons. The van der Waals surface area contributed by atoms with Crippen molar-refractivity contribution in [2.24, 2.45) is 0 Å². The van der Waals surface area contributed by atoms with E-state index < -0.39 is 5.91 Å². The Balaban J connectivity index is 1.97. The fourth-order valence-corrected chi connectivity index (χ4v) is 2.68. The molecule has 2 amide bonds. The Labute approximate surface area is 157 Å². The van der Waals surface area contributed by atoms with Gasteiger partial charge in [-0.1, -0.05) is 25.1 Å². The number of ether oxygens (including phenoxy) is 1. The number of benzene rings is 1. The third-order valence-electron chi connectivity index (χ3n) is 4.31. The molecule has 2 aromatic heterocycles. The van der Waals surface area contributed by atoms with Gasteiger partial charge in [0.05, 0.1) is 18.3 Å². The number of hydrogen-bond acceptors (Lipinski definition) is 4. The zero-order chi connectivity index (χ0) is 19.4. The summed E-state index contributed by atoms with van der Waals surface area (Å²) < 4.78 is 6.88. The van der Waals surface area contributed by atoms with E-state index in [1.807, 2.05) is 19.9 Å². The molecule has 0 saturated carbocycles. The van der Waals surface area contributed by atoms with E-state index in [1.54, 1.807) is 47.0 Å². The summed E-state index contributed by atoms with van der Waals surface area (Å²) >= 11 is 0. The molecule has 3 aromatic rings. The predicted molar refractivity (Wildman–Crippen MR) is 103 cm³/mol. The number of imidazole rings is 1. The van der Waals surface area contributed by atoms with Gasteiger partial charge in [0.2, 0.25) is 5.82 Å². The van der Waals surface area contributed by atoms with Crippen LogP contribution in [0, 0.1) is 0 Å². The number of nitrogens with one attached hydrogen (secondary N) is 2. The number of carbonyl (C=O) groups is 2. The average Bonchev–Trinajstić information content (AvgIpc) is 3.08. The Kier molecular flexibility index (Phi) is 5.40. The molecule has 0 aliphatic heterocycles. The van der Waals surface area contributed by atoms with Crippen LogP contribution in [0.15, 0.2) is 48.7 Å². The smallest absolute Gasteiger partial charge is 0.287 e. The number of hydrogen-bond donors (Lipinski definition) is 2. The summed E-state index contributed by atoms with van der Waals surface area (Å²) in [7, 11) is 1.54. The normalized spacial score (nSPS) is 11.8. The Morgan fingerprint density at radius 2 is 1.89 bits per heavy atom. The Hall–Kier alpha value is -3.35. The molecular formula is C20H22N4O3. The zero-order valence-electron chi connectivity index (χ0n) is 15.5. The van der Waals surface area contributed by atoms with Crippen LogP contribution in [0.1, 0.15) is 41.4 Å². The first-order valence-corrected chi connectivity index (χ1v) is 8.77. The summed E-state index contributed by atoms with van der Waals surface area (Å²) in [5, 5.41) is 5.69. The van der Waals surface area contributed by atoms with Crippen LogP contribution in [-0.2, 0) is 0 Å². The molecule has 2 heterocycles. The van der Waals surface area contributed by atoms with Crippen molar-refractivity contribution in [3.05, 3.63) is 60.2 Å². The van der Waals surface area contributed by atoms with E-state index in [2.05, 4.69) is 15.6 Å². The highest BCUT2D eigenvalue weighted by molar-refractivity contribution is 6.09. The summed E-state index contributed by atoms with van der Waals surface area (Å²) in [6, 6.07) is 12.5. The molecule has 1 aromatic carbocycles. The minimum Gasteiger partial charge on any atom is -0.495 e.